The van der Waals surface area contributed by atoms with E-state index in [2.05, 4.69) is 25.9 Å². The Morgan fingerprint density at radius 1 is 1.15 bits per heavy atom. The summed E-state index contributed by atoms with van der Waals surface area (Å²) in [7, 11) is 2.90. The van der Waals surface area contributed by atoms with E-state index in [1.807, 2.05) is 0 Å². The van der Waals surface area contributed by atoms with E-state index in [9.17, 15) is 28.4 Å². The molecule has 1 atom stereocenters. The van der Waals surface area contributed by atoms with Crippen LogP contribution in [0.2, 0.25) is 0 Å². The maximum absolute atomic E-state index is 13.6. The van der Waals surface area contributed by atoms with Gasteiger partial charge in [0.15, 0.2) is 6.04 Å². The number of nitrogens with one attached hydrogen (secondary N) is 2. The number of carbonyl (C=O) groups is 5. The minimum Gasteiger partial charge on any atom is -0.350 e. The van der Waals surface area contributed by atoms with E-state index in [-0.39, 0.29) is 24.7 Å². The minimum atomic E-state index is -1.67. The third kappa shape index (κ3) is 5.21. The maximum Gasteiger partial charge on any atom is 0.311 e. The van der Waals surface area contributed by atoms with E-state index in [1.54, 1.807) is 30.1 Å². The van der Waals surface area contributed by atoms with Crippen LogP contribution in [0.15, 0.2) is 35.6 Å². The number of hydrogen-bond acceptors (Lipinski definition) is 8. The molecule has 13 nitrogen and oxygen atoms in total. The third-order valence-electron chi connectivity index (χ3n) is 8.16. The first kappa shape index (κ1) is 28.1. The molecule has 41 heavy (non-hydrogen) atoms. The third-order valence-corrected chi connectivity index (χ3v) is 8.16. The van der Waals surface area contributed by atoms with Crippen molar-refractivity contribution in [2.45, 2.75) is 57.3 Å². The van der Waals surface area contributed by atoms with E-state index in [0.717, 1.165) is 4.90 Å². The summed E-state index contributed by atoms with van der Waals surface area (Å²) >= 11 is 0. The molecule has 2 saturated heterocycles. The number of halogens is 1. The van der Waals surface area contributed by atoms with Crippen molar-refractivity contribution in [3.8, 4) is 0 Å². The number of rotatable bonds is 6. The van der Waals surface area contributed by atoms with Crippen LogP contribution in [0.4, 0.5) is 4.39 Å². The summed E-state index contributed by atoms with van der Waals surface area (Å²) in [5.74, 6) is -4.64. The SMILES string of the molecule is Cc1cc(CNC(=O)C2N=C3N(CC4(Cn5ccnn5)CCC3(NC(=O)C(=O)N(C)C)CC4)C(=O)C2=O)ccc1F. The molecule has 4 amide bonds. The second-order valence-corrected chi connectivity index (χ2v) is 11.2. The molecule has 1 aromatic heterocycles. The molecule has 1 unspecified atom stereocenters. The van der Waals surface area contributed by atoms with Crippen LogP contribution in [0, 0.1) is 18.2 Å². The molecule has 0 spiro atoms. The van der Waals surface area contributed by atoms with Crippen molar-refractivity contribution in [1.29, 1.82) is 0 Å². The van der Waals surface area contributed by atoms with Gasteiger partial charge in [-0.2, -0.15) is 0 Å². The number of likely N-dealkylation sites (N-methyl/N-ethyl adjacent to an activating group) is 1. The normalized spacial score (nSPS) is 25.2. The predicted molar refractivity (Wildman–Crippen MR) is 141 cm³/mol. The molecule has 1 aliphatic carbocycles. The summed E-state index contributed by atoms with van der Waals surface area (Å²) < 4.78 is 15.3. The van der Waals surface area contributed by atoms with Crippen molar-refractivity contribution >= 4 is 35.2 Å². The highest BCUT2D eigenvalue weighted by Crippen LogP contribution is 2.48. The summed E-state index contributed by atoms with van der Waals surface area (Å²) in [5.41, 5.74) is -0.740. The first-order chi connectivity index (χ1) is 19.4. The fourth-order valence-electron chi connectivity index (χ4n) is 5.85. The Morgan fingerprint density at radius 3 is 2.51 bits per heavy atom. The first-order valence-electron chi connectivity index (χ1n) is 13.3. The number of Topliss-reactive ketones (excluding diaryl/α,β-unsaturated/α-hetero) is 1. The van der Waals surface area contributed by atoms with Crippen molar-refractivity contribution in [2.24, 2.45) is 10.4 Å². The number of amidine groups is 1. The lowest BCUT2D eigenvalue weighted by atomic mass is 9.68. The Morgan fingerprint density at radius 2 is 1.88 bits per heavy atom. The highest BCUT2D eigenvalue weighted by atomic mass is 19.1. The van der Waals surface area contributed by atoms with Gasteiger partial charge in [0.05, 0.1) is 11.7 Å². The summed E-state index contributed by atoms with van der Waals surface area (Å²) in [6.45, 7) is 2.13. The van der Waals surface area contributed by atoms with E-state index in [4.69, 9.17) is 0 Å². The summed E-state index contributed by atoms with van der Waals surface area (Å²) in [6.07, 6.45) is 4.97. The molecule has 1 saturated carbocycles. The molecule has 3 aliphatic heterocycles. The Kier molecular flexibility index (Phi) is 7.17. The van der Waals surface area contributed by atoms with Crippen molar-refractivity contribution < 1.29 is 28.4 Å². The number of ketones is 1. The fourth-order valence-corrected chi connectivity index (χ4v) is 5.85. The largest absolute Gasteiger partial charge is 0.350 e. The van der Waals surface area contributed by atoms with Crippen LogP contribution in [0.3, 0.4) is 0 Å². The number of aryl methyl sites for hydroxylation is 1. The average molecular weight is 567 g/mol. The van der Waals surface area contributed by atoms with Crippen LogP contribution in [-0.4, -0.2) is 92.3 Å². The lowest BCUT2D eigenvalue weighted by Gasteiger charge is -2.42. The molecule has 2 N–H and O–H groups in total. The van der Waals surface area contributed by atoms with Crippen molar-refractivity contribution in [1.82, 2.24) is 35.4 Å². The van der Waals surface area contributed by atoms with Crippen LogP contribution in [0.25, 0.3) is 0 Å². The number of fused-ring (bicyclic) bond motifs is 2. The number of aromatic nitrogens is 3. The molecule has 1 aromatic carbocycles. The molecule has 0 radical (unpaired) electrons. The zero-order valence-corrected chi connectivity index (χ0v) is 23.0. The highest BCUT2D eigenvalue weighted by molar-refractivity contribution is 6.46. The molecule has 2 aromatic rings. The maximum atomic E-state index is 13.6. The zero-order chi connectivity index (χ0) is 29.5. The molecule has 4 heterocycles. The zero-order valence-electron chi connectivity index (χ0n) is 23.0. The molecule has 2 bridgehead atoms. The fraction of sp³-hybridized carbons (Fsp3) is 0.481. The summed E-state index contributed by atoms with van der Waals surface area (Å²) in [5, 5.41) is 13.3. The van der Waals surface area contributed by atoms with Gasteiger partial charge in [-0.3, -0.25) is 33.6 Å². The Bertz CT molecular complexity index is 1450. The van der Waals surface area contributed by atoms with Gasteiger partial charge < -0.3 is 15.5 Å². The van der Waals surface area contributed by atoms with Crippen LogP contribution in [0.1, 0.15) is 36.8 Å². The van der Waals surface area contributed by atoms with Crippen LogP contribution in [-0.2, 0) is 37.1 Å². The number of aliphatic imine (C=N–C) groups is 1. The topological polar surface area (TPSA) is 159 Å². The molecule has 216 valence electrons. The average Bonchev–Trinajstić information content (AvgIpc) is 3.36. The molecular formula is C27H31FN8O5. The Balaban J connectivity index is 1.48. The molecular weight excluding hydrogens is 535 g/mol. The second kappa shape index (κ2) is 10.5. The van der Waals surface area contributed by atoms with Gasteiger partial charge in [-0.15, -0.1) is 5.10 Å². The minimum absolute atomic E-state index is 0.00722. The van der Waals surface area contributed by atoms with Crippen LogP contribution in [0.5, 0.6) is 0 Å². The molecule has 4 aliphatic rings. The monoisotopic (exact) mass is 566 g/mol. The molecule has 6 rings (SSSR count). The Hall–Kier alpha value is -4.49. The summed E-state index contributed by atoms with van der Waals surface area (Å²) in [6, 6.07) is 2.69. The number of nitrogens with zero attached hydrogens (tertiary/aromatic N) is 6. The lowest BCUT2D eigenvalue weighted by Crippen LogP contribution is -2.65. The van der Waals surface area contributed by atoms with Crippen molar-refractivity contribution in [2.75, 3.05) is 20.6 Å². The van der Waals surface area contributed by atoms with E-state index in [1.165, 1.54) is 31.1 Å². The van der Waals surface area contributed by atoms with E-state index in [0.29, 0.717) is 43.4 Å². The van der Waals surface area contributed by atoms with E-state index >= 15 is 0 Å². The lowest BCUT2D eigenvalue weighted by molar-refractivity contribution is -0.146. The highest BCUT2D eigenvalue weighted by Gasteiger charge is 2.58. The molecule has 3 fully saturated rings. The van der Waals surface area contributed by atoms with Crippen molar-refractivity contribution in [3.05, 3.63) is 47.5 Å². The smallest absolute Gasteiger partial charge is 0.311 e. The number of carbonyl (C=O) groups excluding carboxylic acids is 5. The standard InChI is InChI=1S/C27H31FN8O5/c1-16-12-17(4-5-18(16)28)13-29-21(38)19-20(37)23(40)36-15-26(14-35-11-10-30-33-35)6-8-27(9-7-26,25(36)31-19)32-22(39)24(41)34(2)3/h4-5,10-12,19H,6-9,13-15H2,1-3H3,(H,29,38)(H,32,39). The second-order valence-electron chi connectivity index (χ2n) is 11.2. The first-order valence-corrected chi connectivity index (χ1v) is 13.3. The van der Waals surface area contributed by atoms with Gasteiger partial charge in [-0.25, -0.2) is 9.38 Å². The number of hydrogen-bond donors (Lipinski definition) is 2. The number of benzene rings is 1. The Labute approximate surface area is 235 Å². The van der Waals surface area contributed by atoms with Gasteiger partial charge in [-0.05, 0) is 49.8 Å². The number of amides is 4. The van der Waals surface area contributed by atoms with Crippen LogP contribution < -0.4 is 10.6 Å². The summed E-state index contributed by atoms with van der Waals surface area (Å²) in [4.78, 5) is 72.4. The van der Waals surface area contributed by atoms with Gasteiger partial charge in [0.1, 0.15) is 11.7 Å². The quantitative estimate of drug-likeness (QED) is 0.360. The predicted octanol–water partition coefficient (Wildman–Crippen LogP) is -0.262. The van der Waals surface area contributed by atoms with Gasteiger partial charge >= 0.3 is 11.8 Å². The van der Waals surface area contributed by atoms with Gasteiger partial charge in [0.2, 0.25) is 0 Å². The molecule has 14 heteroatoms. The van der Waals surface area contributed by atoms with Crippen LogP contribution >= 0.6 is 0 Å². The van der Waals surface area contributed by atoms with Gasteiger partial charge in [0.25, 0.3) is 17.6 Å². The van der Waals surface area contributed by atoms with E-state index < -0.39 is 46.4 Å². The van der Waals surface area contributed by atoms with Gasteiger partial charge in [0, 0.05) is 45.3 Å². The van der Waals surface area contributed by atoms with Gasteiger partial charge in [-0.1, -0.05) is 17.3 Å². The van der Waals surface area contributed by atoms with Crippen molar-refractivity contribution in [3.63, 3.8) is 0 Å².